The predicted molar refractivity (Wildman–Crippen MR) is 115 cm³/mol. The Morgan fingerprint density at radius 1 is 1.03 bits per heavy atom. The van der Waals surface area contributed by atoms with Gasteiger partial charge in [-0.3, -0.25) is 4.90 Å². The van der Waals surface area contributed by atoms with Gasteiger partial charge in [0, 0.05) is 44.5 Å². The van der Waals surface area contributed by atoms with Crippen LogP contribution in [-0.2, 0) is 0 Å². The third kappa shape index (κ3) is 4.24. The van der Waals surface area contributed by atoms with Gasteiger partial charge in [0.05, 0.1) is 12.2 Å². The van der Waals surface area contributed by atoms with Crippen molar-refractivity contribution < 1.29 is 13.2 Å². The smallest absolute Gasteiger partial charge is 0.254 e. The zero-order valence-electron chi connectivity index (χ0n) is 17.0. The lowest BCUT2D eigenvalue weighted by Gasteiger charge is -2.35. The Kier molecular flexibility index (Phi) is 5.39. The van der Waals surface area contributed by atoms with Gasteiger partial charge in [0.15, 0.2) is 11.6 Å². The zero-order chi connectivity index (χ0) is 21.9. The molecule has 0 aliphatic carbocycles. The number of fused-ring (bicyclic) bond motifs is 1. The van der Waals surface area contributed by atoms with Crippen LogP contribution in [0.5, 0.6) is 0 Å². The average Bonchev–Trinajstić information content (AvgIpc) is 3.45. The van der Waals surface area contributed by atoms with Crippen LogP contribution >= 0.6 is 0 Å². The van der Waals surface area contributed by atoms with Crippen LogP contribution in [-0.4, -0.2) is 57.2 Å². The van der Waals surface area contributed by atoms with Gasteiger partial charge in [-0.05, 0) is 30.2 Å². The summed E-state index contributed by atoms with van der Waals surface area (Å²) in [4.78, 5) is 12.3. The van der Waals surface area contributed by atoms with Crippen LogP contribution in [0.4, 0.5) is 26.2 Å². The average molecular weight is 435 g/mol. The van der Waals surface area contributed by atoms with Gasteiger partial charge in [0.25, 0.3) is 5.78 Å². The Morgan fingerprint density at radius 2 is 1.91 bits per heavy atom. The van der Waals surface area contributed by atoms with Gasteiger partial charge in [0.2, 0.25) is 0 Å². The van der Waals surface area contributed by atoms with Crippen molar-refractivity contribution in [2.75, 3.05) is 42.9 Å². The maximum absolute atomic E-state index is 14.0. The van der Waals surface area contributed by atoms with Gasteiger partial charge in [-0.15, -0.1) is 0 Å². The largest absolute Gasteiger partial charge is 0.432 e. The highest BCUT2D eigenvalue weighted by Gasteiger charge is 2.19. The Hall–Kier alpha value is -3.97. The molecule has 0 radical (unpaired) electrons. The molecular weight excluding hydrogens is 416 g/mol. The molecule has 0 spiro atoms. The highest BCUT2D eigenvalue weighted by atomic mass is 19.1. The Labute approximate surface area is 182 Å². The number of rotatable bonds is 4. The summed E-state index contributed by atoms with van der Waals surface area (Å²) < 4.78 is 34.4. The van der Waals surface area contributed by atoms with Crippen molar-refractivity contribution in [3.05, 3.63) is 66.3 Å². The molecular formula is C22H19F2N7O. The molecule has 10 heteroatoms. The molecule has 5 rings (SSSR count). The molecule has 1 aliphatic heterocycles. The third-order valence-electron chi connectivity index (χ3n) is 5.17. The SMILES string of the molecule is Fc1ccc(N2CCN(CC#Cc3ccc(Nc4ccnc5ncnn45)o3)CC2)c(F)c1. The third-order valence-corrected chi connectivity index (χ3v) is 5.17. The first-order valence-corrected chi connectivity index (χ1v) is 10.1. The molecule has 0 saturated carbocycles. The number of aromatic nitrogens is 4. The van der Waals surface area contributed by atoms with Gasteiger partial charge in [-0.1, -0.05) is 5.92 Å². The monoisotopic (exact) mass is 435 g/mol. The normalized spacial score (nSPS) is 14.4. The molecule has 1 fully saturated rings. The number of hydrogen-bond donors (Lipinski definition) is 1. The second kappa shape index (κ2) is 8.64. The first-order chi connectivity index (χ1) is 15.7. The first kappa shape index (κ1) is 20.0. The van der Waals surface area contributed by atoms with E-state index in [1.54, 1.807) is 28.9 Å². The minimum Gasteiger partial charge on any atom is -0.432 e. The number of anilines is 3. The first-order valence-electron chi connectivity index (χ1n) is 10.1. The van der Waals surface area contributed by atoms with E-state index in [2.05, 4.69) is 37.1 Å². The highest BCUT2D eigenvalue weighted by Crippen LogP contribution is 2.22. The minimum atomic E-state index is -0.566. The fraction of sp³-hybridized carbons (Fsp3) is 0.227. The van der Waals surface area contributed by atoms with E-state index in [1.165, 1.54) is 18.5 Å². The molecule has 3 aromatic heterocycles. The molecule has 1 saturated heterocycles. The van der Waals surface area contributed by atoms with Crippen LogP contribution < -0.4 is 10.2 Å². The summed E-state index contributed by atoms with van der Waals surface area (Å²) in [7, 11) is 0. The second-order valence-corrected chi connectivity index (χ2v) is 7.25. The van der Waals surface area contributed by atoms with E-state index >= 15 is 0 Å². The van der Waals surface area contributed by atoms with Crippen molar-refractivity contribution in [3.63, 3.8) is 0 Å². The van der Waals surface area contributed by atoms with Crippen molar-refractivity contribution in [2.45, 2.75) is 0 Å². The molecule has 0 unspecified atom stereocenters. The van der Waals surface area contributed by atoms with Gasteiger partial charge in [-0.2, -0.15) is 14.6 Å². The summed E-state index contributed by atoms with van der Waals surface area (Å²) in [5.41, 5.74) is 0.435. The highest BCUT2D eigenvalue weighted by molar-refractivity contribution is 5.53. The van der Waals surface area contributed by atoms with Crippen molar-refractivity contribution in [1.29, 1.82) is 0 Å². The van der Waals surface area contributed by atoms with Crippen LogP contribution in [0.1, 0.15) is 5.76 Å². The second-order valence-electron chi connectivity index (χ2n) is 7.25. The molecule has 0 bridgehead atoms. The summed E-state index contributed by atoms with van der Waals surface area (Å²) in [5.74, 6) is 7.30. The number of piperazine rings is 1. The maximum Gasteiger partial charge on any atom is 0.254 e. The standard InChI is InChI=1S/C22H19F2N7O/c23-16-3-5-19(18(24)14-16)30-12-10-29(11-13-30)9-1-2-17-4-6-21(32-17)28-20-7-8-25-22-26-15-27-31(20)22/h3-8,14-15,28H,9-13H2. The Balaban J connectivity index is 1.15. The van der Waals surface area contributed by atoms with Gasteiger partial charge >= 0.3 is 0 Å². The predicted octanol–water partition coefficient (Wildman–Crippen LogP) is 2.91. The molecule has 1 aromatic carbocycles. The molecule has 32 heavy (non-hydrogen) atoms. The molecule has 1 aliphatic rings. The summed E-state index contributed by atoms with van der Waals surface area (Å²) in [5, 5.41) is 7.26. The van der Waals surface area contributed by atoms with E-state index in [4.69, 9.17) is 4.42 Å². The lowest BCUT2D eigenvalue weighted by atomic mass is 10.2. The van der Waals surface area contributed by atoms with Gasteiger partial charge in [0.1, 0.15) is 23.8 Å². The van der Waals surface area contributed by atoms with Crippen LogP contribution in [0.25, 0.3) is 5.78 Å². The van der Waals surface area contributed by atoms with Crippen LogP contribution in [0, 0.1) is 23.5 Å². The van der Waals surface area contributed by atoms with Crippen molar-refractivity contribution in [2.24, 2.45) is 0 Å². The van der Waals surface area contributed by atoms with Crippen molar-refractivity contribution in [1.82, 2.24) is 24.5 Å². The lowest BCUT2D eigenvalue weighted by molar-refractivity contribution is 0.287. The summed E-state index contributed by atoms with van der Waals surface area (Å²) >= 11 is 0. The number of furan rings is 1. The van der Waals surface area contributed by atoms with Gasteiger partial charge < -0.3 is 14.6 Å². The topological polar surface area (TPSA) is 74.7 Å². The van der Waals surface area contributed by atoms with Gasteiger partial charge in [-0.25, -0.2) is 13.8 Å². The quantitative estimate of drug-likeness (QED) is 0.494. The number of hydrogen-bond acceptors (Lipinski definition) is 7. The number of benzene rings is 1. The molecule has 8 nitrogen and oxygen atoms in total. The summed E-state index contributed by atoms with van der Waals surface area (Å²) in [6.07, 6.45) is 3.07. The fourth-order valence-electron chi connectivity index (χ4n) is 3.55. The number of nitrogens with zero attached hydrogens (tertiary/aromatic N) is 6. The zero-order valence-corrected chi connectivity index (χ0v) is 17.0. The van der Waals surface area contributed by atoms with Crippen LogP contribution in [0.3, 0.4) is 0 Å². The Morgan fingerprint density at radius 3 is 2.75 bits per heavy atom. The fourth-order valence-corrected chi connectivity index (χ4v) is 3.55. The lowest BCUT2D eigenvalue weighted by Crippen LogP contribution is -2.46. The van der Waals surface area contributed by atoms with E-state index < -0.39 is 11.6 Å². The van der Waals surface area contributed by atoms with E-state index in [0.29, 0.717) is 48.6 Å². The van der Waals surface area contributed by atoms with Crippen molar-refractivity contribution >= 4 is 23.2 Å². The van der Waals surface area contributed by atoms with E-state index in [-0.39, 0.29) is 0 Å². The van der Waals surface area contributed by atoms with E-state index in [1.807, 2.05) is 4.90 Å². The molecule has 1 N–H and O–H groups in total. The maximum atomic E-state index is 14.0. The molecule has 162 valence electrons. The molecule has 4 heterocycles. The number of halogens is 2. The van der Waals surface area contributed by atoms with Crippen LogP contribution in [0.2, 0.25) is 0 Å². The summed E-state index contributed by atoms with van der Waals surface area (Å²) in [6.45, 7) is 3.37. The van der Waals surface area contributed by atoms with Crippen molar-refractivity contribution in [3.8, 4) is 11.8 Å². The van der Waals surface area contributed by atoms with E-state index in [9.17, 15) is 8.78 Å². The van der Waals surface area contributed by atoms with Crippen LogP contribution in [0.15, 0.2) is 53.3 Å². The van der Waals surface area contributed by atoms with E-state index in [0.717, 1.165) is 19.2 Å². The molecule has 0 atom stereocenters. The number of nitrogens with one attached hydrogen (secondary N) is 1. The Bertz CT molecular complexity index is 1300. The molecule has 0 amide bonds. The summed E-state index contributed by atoms with van der Waals surface area (Å²) in [6, 6.07) is 9.05. The minimum absolute atomic E-state index is 0.435. The molecule has 4 aromatic rings.